The van der Waals surface area contributed by atoms with Crippen LogP contribution in [0, 0.1) is 5.92 Å². The van der Waals surface area contributed by atoms with E-state index in [1.807, 2.05) is 4.90 Å². The topological polar surface area (TPSA) is 32.3 Å². The van der Waals surface area contributed by atoms with Crippen molar-refractivity contribution in [2.24, 2.45) is 5.92 Å². The van der Waals surface area contributed by atoms with E-state index in [4.69, 9.17) is 0 Å². The molecule has 0 aromatic heterocycles. The molecule has 3 nitrogen and oxygen atoms in total. The van der Waals surface area contributed by atoms with Gasteiger partial charge in [0.15, 0.2) is 0 Å². The second-order valence-electron chi connectivity index (χ2n) is 4.86. The molecule has 0 saturated heterocycles. The number of nitrogens with zero attached hydrogens (tertiary/aromatic N) is 1. The van der Waals surface area contributed by atoms with E-state index in [0.717, 1.165) is 19.4 Å². The summed E-state index contributed by atoms with van der Waals surface area (Å²) in [5.74, 6) is 0.530. The van der Waals surface area contributed by atoms with Crippen LogP contribution in [0.3, 0.4) is 0 Å². The molecule has 82 valence electrons. The summed E-state index contributed by atoms with van der Waals surface area (Å²) in [7, 11) is 0. The summed E-state index contributed by atoms with van der Waals surface area (Å²) in [6.07, 6.45) is 2.30. The van der Waals surface area contributed by atoms with Gasteiger partial charge >= 0.3 is 6.03 Å². The number of carbonyl (C=O) groups excluding carboxylic acids is 1. The van der Waals surface area contributed by atoms with Crippen molar-refractivity contribution in [2.45, 2.75) is 52.6 Å². The van der Waals surface area contributed by atoms with Crippen LogP contribution in [0.5, 0.6) is 0 Å². The molecule has 0 aromatic rings. The Hall–Kier alpha value is -0.730. The highest BCUT2D eigenvalue weighted by Gasteiger charge is 2.26. The second-order valence-corrected chi connectivity index (χ2v) is 4.86. The van der Waals surface area contributed by atoms with Gasteiger partial charge in [0.05, 0.1) is 0 Å². The minimum Gasteiger partial charge on any atom is -0.335 e. The zero-order chi connectivity index (χ0) is 10.7. The largest absolute Gasteiger partial charge is 0.335 e. The van der Waals surface area contributed by atoms with Crippen molar-refractivity contribution in [2.75, 3.05) is 6.54 Å². The van der Waals surface area contributed by atoms with Gasteiger partial charge in [-0.1, -0.05) is 13.8 Å². The summed E-state index contributed by atoms with van der Waals surface area (Å²) < 4.78 is 0. The van der Waals surface area contributed by atoms with Crippen molar-refractivity contribution < 1.29 is 4.79 Å². The molecule has 0 bridgehead atoms. The first-order valence-corrected chi connectivity index (χ1v) is 5.57. The highest BCUT2D eigenvalue weighted by Crippen LogP contribution is 2.19. The van der Waals surface area contributed by atoms with Crippen molar-refractivity contribution in [1.82, 2.24) is 10.2 Å². The molecule has 0 atom stereocenters. The number of urea groups is 1. The second kappa shape index (κ2) is 4.67. The fraction of sp³-hybridized carbons (Fsp3) is 0.909. The molecule has 0 spiro atoms. The van der Waals surface area contributed by atoms with E-state index in [-0.39, 0.29) is 12.1 Å². The van der Waals surface area contributed by atoms with Gasteiger partial charge in [-0.2, -0.15) is 0 Å². The smallest absolute Gasteiger partial charge is 0.317 e. The Balaban J connectivity index is 2.42. The summed E-state index contributed by atoms with van der Waals surface area (Å²) in [5.41, 5.74) is 0. The van der Waals surface area contributed by atoms with Gasteiger partial charge in [-0.05, 0) is 32.6 Å². The zero-order valence-corrected chi connectivity index (χ0v) is 9.71. The van der Waals surface area contributed by atoms with Gasteiger partial charge in [0.1, 0.15) is 0 Å². The van der Waals surface area contributed by atoms with E-state index in [2.05, 4.69) is 33.0 Å². The Morgan fingerprint density at radius 1 is 1.36 bits per heavy atom. The number of nitrogens with one attached hydrogen (secondary N) is 1. The highest BCUT2D eigenvalue weighted by atomic mass is 16.2. The van der Waals surface area contributed by atoms with E-state index in [1.54, 1.807) is 0 Å². The van der Waals surface area contributed by atoms with Crippen LogP contribution in [0.1, 0.15) is 40.5 Å². The Labute approximate surface area is 86.9 Å². The Morgan fingerprint density at radius 3 is 2.29 bits per heavy atom. The number of rotatable bonds is 4. The summed E-state index contributed by atoms with van der Waals surface area (Å²) in [5, 5.41) is 3.03. The Bertz CT molecular complexity index is 197. The first-order valence-electron chi connectivity index (χ1n) is 5.57. The number of carbonyl (C=O) groups is 1. The average Bonchev–Trinajstić information content (AvgIpc) is 2.82. The molecule has 2 amide bonds. The molecule has 3 heteroatoms. The van der Waals surface area contributed by atoms with Crippen LogP contribution in [0.15, 0.2) is 0 Å². The first kappa shape index (κ1) is 11.3. The Morgan fingerprint density at radius 2 is 1.93 bits per heavy atom. The molecule has 1 fully saturated rings. The lowest BCUT2D eigenvalue weighted by Gasteiger charge is -2.28. The van der Waals surface area contributed by atoms with Gasteiger partial charge in [-0.25, -0.2) is 4.79 Å². The molecule has 1 aliphatic carbocycles. The summed E-state index contributed by atoms with van der Waals surface area (Å²) in [6, 6.07) is 0.850. The van der Waals surface area contributed by atoms with Crippen molar-refractivity contribution in [3.63, 3.8) is 0 Å². The fourth-order valence-corrected chi connectivity index (χ4v) is 1.41. The molecule has 0 aliphatic heterocycles. The molecule has 1 aliphatic rings. The molecule has 14 heavy (non-hydrogen) atoms. The van der Waals surface area contributed by atoms with Crippen LogP contribution in [-0.4, -0.2) is 29.6 Å². The molecular formula is C11H22N2O. The maximum atomic E-state index is 11.8. The lowest BCUT2D eigenvalue weighted by atomic mass is 10.2. The van der Waals surface area contributed by atoms with E-state index in [1.165, 1.54) is 0 Å². The third-order valence-corrected chi connectivity index (χ3v) is 2.35. The maximum absolute atomic E-state index is 11.8. The third-order valence-electron chi connectivity index (χ3n) is 2.35. The van der Waals surface area contributed by atoms with Crippen LogP contribution < -0.4 is 5.32 Å². The molecule has 0 radical (unpaired) electrons. The SMILES string of the molecule is CC(C)CN(C(=O)NC1CC1)C(C)C. The lowest BCUT2D eigenvalue weighted by Crippen LogP contribution is -2.46. The maximum Gasteiger partial charge on any atom is 0.317 e. The predicted octanol–water partition coefficient (Wildman–Crippen LogP) is 2.22. The average molecular weight is 198 g/mol. The van der Waals surface area contributed by atoms with E-state index >= 15 is 0 Å². The summed E-state index contributed by atoms with van der Waals surface area (Å²) >= 11 is 0. The van der Waals surface area contributed by atoms with E-state index in [0.29, 0.717) is 12.0 Å². The van der Waals surface area contributed by atoms with E-state index < -0.39 is 0 Å². The molecule has 1 saturated carbocycles. The quantitative estimate of drug-likeness (QED) is 0.738. The molecule has 0 aromatic carbocycles. The van der Waals surface area contributed by atoms with Gasteiger partial charge in [-0.15, -0.1) is 0 Å². The molecule has 1 rings (SSSR count). The van der Waals surface area contributed by atoms with Crippen molar-refractivity contribution in [3.05, 3.63) is 0 Å². The number of amides is 2. The molecule has 1 N–H and O–H groups in total. The standard InChI is InChI=1S/C11H22N2O/c1-8(2)7-13(9(3)4)11(14)12-10-5-6-10/h8-10H,5-7H2,1-4H3,(H,12,14). The van der Waals surface area contributed by atoms with Crippen LogP contribution in [0.25, 0.3) is 0 Å². The zero-order valence-electron chi connectivity index (χ0n) is 9.71. The van der Waals surface area contributed by atoms with E-state index in [9.17, 15) is 4.79 Å². The number of hydrogen-bond donors (Lipinski definition) is 1. The highest BCUT2D eigenvalue weighted by molar-refractivity contribution is 5.75. The summed E-state index contributed by atoms with van der Waals surface area (Å²) in [6.45, 7) is 9.25. The summed E-state index contributed by atoms with van der Waals surface area (Å²) in [4.78, 5) is 13.7. The van der Waals surface area contributed by atoms with Crippen LogP contribution in [-0.2, 0) is 0 Å². The van der Waals surface area contributed by atoms with Crippen LogP contribution in [0.4, 0.5) is 4.79 Å². The van der Waals surface area contributed by atoms with Crippen LogP contribution in [0.2, 0.25) is 0 Å². The monoisotopic (exact) mass is 198 g/mol. The third kappa shape index (κ3) is 3.56. The van der Waals surface area contributed by atoms with Gasteiger partial charge < -0.3 is 10.2 Å². The first-order chi connectivity index (χ1) is 6.50. The van der Waals surface area contributed by atoms with Crippen molar-refractivity contribution >= 4 is 6.03 Å². The van der Waals surface area contributed by atoms with Gasteiger partial charge in [0.25, 0.3) is 0 Å². The minimum absolute atomic E-state index is 0.108. The molecule has 0 heterocycles. The van der Waals surface area contributed by atoms with Crippen LogP contribution >= 0.6 is 0 Å². The minimum atomic E-state index is 0.108. The van der Waals surface area contributed by atoms with Gasteiger partial charge in [0, 0.05) is 18.6 Å². The van der Waals surface area contributed by atoms with Crippen molar-refractivity contribution in [3.8, 4) is 0 Å². The van der Waals surface area contributed by atoms with Gasteiger partial charge in [0.2, 0.25) is 0 Å². The fourth-order valence-electron chi connectivity index (χ4n) is 1.41. The van der Waals surface area contributed by atoms with Crippen molar-refractivity contribution in [1.29, 1.82) is 0 Å². The molecular weight excluding hydrogens is 176 g/mol. The van der Waals surface area contributed by atoms with Gasteiger partial charge in [-0.3, -0.25) is 0 Å². The lowest BCUT2D eigenvalue weighted by molar-refractivity contribution is 0.174. The molecule has 0 unspecified atom stereocenters. The normalized spacial score (nSPS) is 16.1. The predicted molar refractivity (Wildman–Crippen MR) is 58.2 cm³/mol. The number of hydrogen-bond acceptors (Lipinski definition) is 1. The Kier molecular flexibility index (Phi) is 3.78.